The van der Waals surface area contributed by atoms with Crippen molar-refractivity contribution < 1.29 is 48.9 Å². The van der Waals surface area contributed by atoms with Crippen LogP contribution in [0.1, 0.15) is 52.4 Å². The van der Waals surface area contributed by atoms with Crippen molar-refractivity contribution >= 4 is 41.5 Å². The van der Waals surface area contributed by atoms with Gasteiger partial charge in [-0.2, -0.15) is 0 Å². The summed E-state index contributed by atoms with van der Waals surface area (Å²) in [7, 11) is 0. The summed E-state index contributed by atoms with van der Waals surface area (Å²) in [4.78, 5) is 81.9. The number of carbonyl (C=O) groups is 7. The number of carboxylic acids is 3. The minimum absolute atomic E-state index is 0.0333. The lowest BCUT2D eigenvalue weighted by Gasteiger charge is -2.25. The summed E-state index contributed by atoms with van der Waals surface area (Å²) in [6.07, 6.45) is -2.12. The van der Waals surface area contributed by atoms with Crippen molar-refractivity contribution in [2.24, 2.45) is 17.4 Å². The van der Waals surface area contributed by atoms with Gasteiger partial charge in [0, 0.05) is 12.8 Å². The summed E-state index contributed by atoms with van der Waals surface area (Å²) in [5.41, 5.74) is 10.6. The highest BCUT2D eigenvalue weighted by molar-refractivity contribution is 5.95. The molecule has 0 unspecified atom stereocenters. The predicted molar refractivity (Wildman–Crippen MR) is 118 cm³/mol. The van der Waals surface area contributed by atoms with Gasteiger partial charge in [-0.15, -0.1) is 0 Å². The second-order valence-corrected chi connectivity index (χ2v) is 8.29. The second-order valence-electron chi connectivity index (χ2n) is 8.29. The lowest BCUT2D eigenvalue weighted by atomic mass is 10.0. The molecule has 0 aliphatic carbocycles. The molecule has 0 heterocycles. The number of hydrogen-bond acceptors (Lipinski definition) is 8. The Hall–Kier alpha value is -3.75. The second kappa shape index (κ2) is 15.2. The first kappa shape index (κ1) is 31.2. The van der Waals surface area contributed by atoms with Gasteiger partial charge >= 0.3 is 17.9 Å². The Morgan fingerprint density at radius 3 is 1.69 bits per heavy atom. The molecule has 4 atom stereocenters. The number of carboxylic acid groups (broad SMARTS) is 3. The molecule has 0 radical (unpaired) electrons. The maximum Gasteiger partial charge on any atom is 0.326 e. The molecule has 0 saturated carbocycles. The van der Waals surface area contributed by atoms with E-state index in [0.717, 1.165) is 0 Å². The van der Waals surface area contributed by atoms with Gasteiger partial charge in [-0.1, -0.05) is 13.8 Å². The van der Waals surface area contributed by atoms with Crippen molar-refractivity contribution in [3.63, 3.8) is 0 Å². The normalized spacial score (nSPS) is 14.2. The van der Waals surface area contributed by atoms with Crippen molar-refractivity contribution in [3.05, 3.63) is 0 Å². The molecule has 0 spiro atoms. The van der Waals surface area contributed by atoms with Crippen molar-refractivity contribution in [3.8, 4) is 0 Å². The minimum Gasteiger partial charge on any atom is -0.481 e. The van der Waals surface area contributed by atoms with Gasteiger partial charge < -0.3 is 42.7 Å². The van der Waals surface area contributed by atoms with Crippen molar-refractivity contribution in [2.75, 3.05) is 0 Å². The first-order valence-electron chi connectivity index (χ1n) is 10.7. The van der Waals surface area contributed by atoms with Crippen molar-refractivity contribution in [1.29, 1.82) is 0 Å². The highest BCUT2D eigenvalue weighted by Crippen LogP contribution is 2.08. The minimum atomic E-state index is -1.65. The average molecular weight is 504 g/mol. The smallest absolute Gasteiger partial charge is 0.326 e. The van der Waals surface area contributed by atoms with Crippen molar-refractivity contribution in [1.82, 2.24) is 16.0 Å². The quantitative estimate of drug-likeness (QED) is 0.103. The predicted octanol–water partition coefficient (Wildman–Crippen LogP) is -2.50. The van der Waals surface area contributed by atoms with Gasteiger partial charge in [-0.05, 0) is 25.2 Å². The molecule has 15 heteroatoms. The van der Waals surface area contributed by atoms with Gasteiger partial charge in [-0.25, -0.2) is 4.79 Å². The molecule has 0 aromatic carbocycles. The van der Waals surface area contributed by atoms with Crippen molar-refractivity contribution in [2.45, 2.75) is 76.5 Å². The van der Waals surface area contributed by atoms with E-state index in [2.05, 4.69) is 16.0 Å². The van der Waals surface area contributed by atoms with Gasteiger partial charge in [0.2, 0.25) is 23.6 Å². The van der Waals surface area contributed by atoms with E-state index in [1.807, 2.05) is 0 Å². The van der Waals surface area contributed by atoms with E-state index in [4.69, 9.17) is 21.7 Å². The van der Waals surface area contributed by atoms with Gasteiger partial charge in [0.1, 0.15) is 18.1 Å². The van der Waals surface area contributed by atoms with Crippen LogP contribution in [0.5, 0.6) is 0 Å². The number of rotatable bonds is 17. The van der Waals surface area contributed by atoms with Crippen LogP contribution in [0.2, 0.25) is 0 Å². The molecular weight excluding hydrogens is 470 g/mol. The van der Waals surface area contributed by atoms with Crippen LogP contribution in [0.15, 0.2) is 0 Å². The van der Waals surface area contributed by atoms with E-state index in [1.165, 1.54) is 0 Å². The van der Waals surface area contributed by atoms with Crippen LogP contribution in [-0.4, -0.2) is 81.0 Å². The molecule has 15 nitrogen and oxygen atoms in total. The Kier molecular flexibility index (Phi) is 13.6. The van der Waals surface area contributed by atoms with Crippen LogP contribution in [0.3, 0.4) is 0 Å². The lowest BCUT2D eigenvalue weighted by Crippen LogP contribution is -2.57. The molecule has 198 valence electrons. The van der Waals surface area contributed by atoms with Gasteiger partial charge in [0.05, 0.1) is 12.5 Å². The Bertz CT molecular complexity index is 816. The van der Waals surface area contributed by atoms with Gasteiger partial charge in [0.15, 0.2) is 0 Å². The summed E-state index contributed by atoms with van der Waals surface area (Å²) in [6.45, 7) is 3.43. The zero-order chi connectivity index (χ0) is 27.3. The van der Waals surface area contributed by atoms with E-state index < -0.39 is 78.5 Å². The molecule has 0 saturated heterocycles. The lowest BCUT2D eigenvalue weighted by molar-refractivity contribution is -0.143. The summed E-state index contributed by atoms with van der Waals surface area (Å²) >= 11 is 0. The number of aliphatic carboxylic acids is 3. The Labute approximate surface area is 201 Å². The Balaban J connectivity index is 5.51. The summed E-state index contributed by atoms with van der Waals surface area (Å²) < 4.78 is 0. The number of nitrogens with two attached hydrogens (primary N) is 2. The number of nitrogens with one attached hydrogen (secondary N) is 3. The fourth-order valence-electron chi connectivity index (χ4n) is 2.86. The van der Waals surface area contributed by atoms with Gasteiger partial charge in [0.25, 0.3) is 0 Å². The van der Waals surface area contributed by atoms with Crippen LogP contribution in [0.25, 0.3) is 0 Å². The maximum atomic E-state index is 12.8. The largest absolute Gasteiger partial charge is 0.481 e. The summed E-state index contributed by atoms with van der Waals surface area (Å²) in [5, 5.41) is 33.7. The molecule has 10 N–H and O–H groups in total. The van der Waals surface area contributed by atoms with E-state index in [0.29, 0.717) is 0 Å². The molecule has 0 bridgehead atoms. The Morgan fingerprint density at radius 2 is 1.23 bits per heavy atom. The number of carbonyl (C=O) groups excluding carboxylic acids is 4. The first-order chi connectivity index (χ1) is 16.1. The third-order valence-corrected chi connectivity index (χ3v) is 4.65. The maximum absolute atomic E-state index is 12.8. The van der Waals surface area contributed by atoms with Crippen LogP contribution in [0, 0.1) is 5.92 Å². The molecule has 0 aromatic rings. The summed E-state index contributed by atoms with van der Waals surface area (Å²) in [6, 6.07) is -5.75. The molecular formula is C20H33N5O10. The SMILES string of the molecule is CC(C)C[C@H](NC(=O)[C@H](CC(=O)O)NC(=O)[C@@H](N)CCC(=O)O)C(=O)N[C@@H](CCC(N)=O)C(=O)O. The fraction of sp³-hybridized carbons (Fsp3) is 0.650. The molecule has 4 amide bonds. The van der Waals surface area contributed by atoms with Crippen LogP contribution < -0.4 is 27.4 Å². The van der Waals surface area contributed by atoms with E-state index in [1.54, 1.807) is 13.8 Å². The molecule has 0 aromatic heterocycles. The highest BCUT2D eigenvalue weighted by Gasteiger charge is 2.32. The molecule has 0 fully saturated rings. The highest BCUT2D eigenvalue weighted by atomic mass is 16.4. The van der Waals surface area contributed by atoms with Crippen LogP contribution >= 0.6 is 0 Å². The van der Waals surface area contributed by atoms with Gasteiger partial charge in [-0.3, -0.25) is 28.8 Å². The average Bonchev–Trinajstić information content (AvgIpc) is 2.72. The molecule has 0 rings (SSSR count). The first-order valence-corrected chi connectivity index (χ1v) is 10.7. The third kappa shape index (κ3) is 13.5. The van der Waals surface area contributed by atoms with E-state index in [-0.39, 0.29) is 31.6 Å². The van der Waals surface area contributed by atoms with E-state index >= 15 is 0 Å². The van der Waals surface area contributed by atoms with Crippen LogP contribution in [-0.2, 0) is 33.6 Å². The standard InChI is InChI=1S/C20H33N5O10/c1-9(2)7-12(18(32)23-11(20(34)35)4-5-14(22)26)25-19(33)13(8-16(29)30)24-17(31)10(21)3-6-15(27)28/h9-13H,3-8,21H2,1-2H3,(H2,22,26)(H,23,32)(H,24,31)(H,25,33)(H,27,28)(H,29,30)(H,34,35)/t10-,11-,12-,13-/m0/s1. The van der Waals surface area contributed by atoms with Crippen LogP contribution in [0.4, 0.5) is 0 Å². The topological polar surface area (TPSA) is 268 Å². The molecule has 0 aliphatic rings. The third-order valence-electron chi connectivity index (χ3n) is 4.65. The zero-order valence-electron chi connectivity index (χ0n) is 19.5. The molecule has 35 heavy (non-hydrogen) atoms. The number of amides is 4. The number of primary amides is 1. The fourth-order valence-corrected chi connectivity index (χ4v) is 2.86. The number of hydrogen-bond donors (Lipinski definition) is 8. The monoisotopic (exact) mass is 503 g/mol. The zero-order valence-corrected chi connectivity index (χ0v) is 19.5. The molecule has 0 aliphatic heterocycles. The Morgan fingerprint density at radius 1 is 0.714 bits per heavy atom. The van der Waals surface area contributed by atoms with E-state index in [9.17, 15) is 38.7 Å². The summed E-state index contributed by atoms with van der Waals surface area (Å²) in [5.74, 6) is -7.94.